The number of aliphatic hydroxyl groups is 9. The average molecular weight is 1580 g/mol. The van der Waals surface area contributed by atoms with Crippen molar-refractivity contribution in [2.24, 2.45) is 5.41 Å². The van der Waals surface area contributed by atoms with Crippen LogP contribution < -0.4 is 31.9 Å². The molecule has 0 radical (unpaired) electrons. The SMILES string of the molecule is CC(=O)NC1C(OCCOCCOCCNC(=O)CN(CCCN(CC(=O)NCCOCCOCCOC2OC(CO)C(O)C(O)C2NC(C)=O)C(=O)CCCC(=O)N2CCC(OP(=O)(O)CC(C)(C)C)CC2)CC(=O)NCCOCCOCCOC2OC(CO)C(O)C(O)C2NC(C)=O)OC(CO)C(O)C1O. The summed E-state index contributed by atoms with van der Waals surface area (Å²) in [7, 11) is -3.88. The van der Waals surface area contributed by atoms with Gasteiger partial charge in [-0.05, 0) is 31.1 Å². The van der Waals surface area contributed by atoms with E-state index < -0.39 is 179 Å². The fourth-order valence-corrected chi connectivity index (χ4v) is 13.7. The predicted molar refractivity (Wildman–Crippen MR) is 374 cm³/mol. The third-order valence-corrected chi connectivity index (χ3v) is 19.0. The minimum absolute atomic E-state index is 0.00922. The van der Waals surface area contributed by atoms with Crippen LogP contribution in [-0.2, 0) is 104 Å². The second-order valence-electron chi connectivity index (χ2n) is 27.4. The predicted octanol–water partition coefficient (Wildman–Crippen LogP) is -7.75. The molecule has 4 heterocycles. The molecule has 16 unspecified atom stereocenters. The Morgan fingerprint density at radius 3 is 1.16 bits per heavy atom. The molecular weight excluding hydrogens is 1460 g/mol. The van der Waals surface area contributed by atoms with Gasteiger partial charge in [0.15, 0.2) is 18.9 Å². The van der Waals surface area contributed by atoms with Crippen molar-refractivity contribution in [3.05, 3.63) is 0 Å². The van der Waals surface area contributed by atoms with Crippen molar-refractivity contribution in [3.8, 4) is 0 Å². The number of hydrogen-bond donors (Lipinski definition) is 16. The Hall–Kier alpha value is -4.97. The lowest BCUT2D eigenvalue weighted by Crippen LogP contribution is -2.64. The van der Waals surface area contributed by atoms with Gasteiger partial charge in [-0.1, -0.05) is 20.8 Å². The van der Waals surface area contributed by atoms with Gasteiger partial charge in [-0.3, -0.25) is 47.8 Å². The summed E-state index contributed by atoms with van der Waals surface area (Å²) in [5.74, 6) is -3.75. The van der Waals surface area contributed by atoms with Crippen LogP contribution in [0.15, 0.2) is 0 Å². The zero-order chi connectivity index (χ0) is 79.8. The number of nitrogens with zero attached hydrogens (tertiary/aromatic N) is 3. The normalized spacial score (nSPS) is 26.1. The molecule has 0 aliphatic carbocycles. The maximum atomic E-state index is 14.0. The number of nitrogens with one attached hydrogen (secondary N) is 6. The monoisotopic (exact) mass is 1580 g/mol. The first kappa shape index (κ1) is 95.4. The van der Waals surface area contributed by atoms with Crippen LogP contribution in [0.5, 0.6) is 0 Å². The summed E-state index contributed by atoms with van der Waals surface area (Å²) in [6, 6.07) is -3.38. The fraction of sp³-hybridized carbons (Fsp3) is 0.879. The van der Waals surface area contributed by atoms with Crippen LogP contribution in [0.3, 0.4) is 0 Å². The van der Waals surface area contributed by atoms with E-state index in [0.29, 0.717) is 12.8 Å². The first-order chi connectivity index (χ1) is 51.4. The standard InChI is InChI=1S/C66H120N9O32P/c1-42(79)70-54-60(90)57(87)46(38-76)104-63(54)101-32-29-98-26-23-95-20-13-67-49(82)35-73(36-50(83)68-14-21-96-24-27-99-30-33-102-64-55(71-43(2)80)61(91)58(88)47(39-77)105-64)16-8-17-75(53(86)10-7-9-52(85)74-18-11-45(12-19-74)107-108(93,94)41-66(4,5)6)37-51(84)69-15-22-97-25-28-100-31-34-103-65-56(72-44(3)81)62(92)59(89)48(40-78)106-65/h45-48,54-65,76-78,87-92H,7-41H2,1-6H3,(H,67,82)(H,68,83)(H,69,84)(H,70,79)(H,71,80)(H,72,81)(H,93,94). The molecule has 4 aliphatic rings. The largest absolute Gasteiger partial charge is 0.394 e. The molecule has 4 rings (SSSR count). The highest BCUT2D eigenvalue weighted by Crippen LogP contribution is 2.49. The lowest BCUT2D eigenvalue weighted by atomic mass is 9.97. The molecule has 0 aromatic rings. The number of carbonyl (C=O) groups is 8. The lowest BCUT2D eigenvalue weighted by Gasteiger charge is -2.42. The van der Waals surface area contributed by atoms with Crippen LogP contribution in [0.1, 0.15) is 80.1 Å². The van der Waals surface area contributed by atoms with Crippen molar-refractivity contribution in [1.29, 1.82) is 0 Å². The van der Waals surface area contributed by atoms with Gasteiger partial charge in [0.2, 0.25) is 47.3 Å². The van der Waals surface area contributed by atoms with Crippen molar-refractivity contribution in [1.82, 2.24) is 46.6 Å². The van der Waals surface area contributed by atoms with E-state index >= 15 is 0 Å². The first-order valence-electron chi connectivity index (χ1n) is 36.4. The third-order valence-electron chi connectivity index (χ3n) is 17.0. The van der Waals surface area contributed by atoms with Crippen molar-refractivity contribution in [2.75, 3.05) is 191 Å². The summed E-state index contributed by atoms with van der Waals surface area (Å²) in [5, 5.41) is 107. The van der Waals surface area contributed by atoms with Gasteiger partial charge in [-0.2, -0.15) is 0 Å². The van der Waals surface area contributed by atoms with Crippen molar-refractivity contribution >= 4 is 54.9 Å². The molecule has 42 heteroatoms. The number of carbonyl (C=O) groups excluding carboxylic acids is 8. The molecule has 626 valence electrons. The van der Waals surface area contributed by atoms with Crippen LogP contribution in [0, 0.1) is 5.41 Å². The highest BCUT2D eigenvalue weighted by atomic mass is 31.2. The lowest BCUT2D eigenvalue weighted by molar-refractivity contribution is -0.272. The molecule has 0 aromatic carbocycles. The minimum Gasteiger partial charge on any atom is -0.394 e. The molecule has 41 nitrogen and oxygen atoms in total. The Labute approximate surface area is 628 Å². The van der Waals surface area contributed by atoms with Crippen LogP contribution in [0.25, 0.3) is 0 Å². The first-order valence-corrected chi connectivity index (χ1v) is 38.2. The molecule has 108 heavy (non-hydrogen) atoms. The van der Waals surface area contributed by atoms with Crippen LogP contribution in [-0.4, -0.2) is 401 Å². The molecule has 0 saturated carbocycles. The molecular formula is C66H120N9O32P. The van der Waals surface area contributed by atoms with Gasteiger partial charge in [0, 0.05) is 79.4 Å². The van der Waals surface area contributed by atoms with E-state index in [1.807, 2.05) is 20.8 Å². The smallest absolute Gasteiger partial charge is 0.328 e. The Bertz CT molecular complexity index is 2610. The van der Waals surface area contributed by atoms with Gasteiger partial charge in [0.1, 0.15) is 73.1 Å². The van der Waals surface area contributed by atoms with E-state index in [2.05, 4.69) is 31.9 Å². The Morgan fingerprint density at radius 2 is 0.815 bits per heavy atom. The maximum absolute atomic E-state index is 14.0. The van der Waals surface area contributed by atoms with Gasteiger partial charge in [-0.15, -0.1) is 0 Å². The van der Waals surface area contributed by atoms with Gasteiger partial charge >= 0.3 is 7.60 Å². The van der Waals surface area contributed by atoms with Crippen LogP contribution >= 0.6 is 7.60 Å². The Morgan fingerprint density at radius 1 is 0.472 bits per heavy atom. The quantitative estimate of drug-likeness (QED) is 0.0199. The molecule has 0 bridgehead atoms. The van der Waals surface area contributed by atoms with Gasteiger partial charge < -0.3 is 154 Å². The zero-order valence-electron chi connectivity index (χ0n) is 62.7. The number of piperidine rings is 1. The molecule has 0 spiro atoms. The maximum Gasteiger partial charge on any atom is 0.328 e. The van der Waals surface area contributed by atoms with Crippen molar-refractivity contribution < 1.29 is 155 Å². The van der Waals surface area contributed by atoms with E-state index in [1.54, 1.807) is 4.90 Å². The summed E-state index contributed by atoms with van der Waals surface area (Å²) in [4.78, 5) is 118. The van der Waals surface area contributed by atoms with Gasteiger partial charge in [-0.25, -0.2) is 0 Å². The Balaban J connectivity index is 1.31. The highest BCUT2D eigenvalue weighted by Gasteiger charge is 2.48. The molecule has 8 amide bonds. The molecule has 4 aliphatic heterocycles. The topological polar surface area (TPSA) is 558 Å². The van der Waals surface area contributed by atoms with E-state index in [9.17, 15) is 93.8 Å². The van der Waals surface area contributed by atoms with E-state index in [4.69, 9.17) is 61.4 Å². The van der Waals surface area contributed by atoms with Crippen molar-refractivity contribution in [3.63, 3.8) is 0 Å². The molecule has 16 N–H and O–H groups in total. The Kier molecular flexibility index (Phi) is 45.6. The highest BCUT2D eigenvalue weighted by molar-refractivity contribution is 7.52. The number of rotatable bonds is 53. The molecule has 4 saturated heterocycles. The summed E-state index contributed by atoms with van der Waals surface area (Å²) < 4.78 is 85.5. The number of likely N-dealkylation sites (tertiary alicyclic amines) is 1. The third kappa shape index (κ3) is 37.1. The zero-order valence-corrected chi connectivity index (χ0v) is 63.6. The van der Waals surface area contributed by atoms with Crippen LogP contribution in [0.4, 0.5) is 0 Å². The summed E-state index contributed by atoms with van der Waals surface area (Å²) in [5.41, 5.74) is -0.444. The number of amides is 8. The fourth-order valence-electron chi connectivity index (χ4n) is 11.8. The summed E-state index contributed by atoms with van der Waals surface area (Å²) in [6.45, 7) is 7.63. The summed E-state index contributed by atoms with van der Waals surface area (Å²) in [6.07, 6.45) is -15.7. The minimum atomic E-state index is -3.88. The van der Waals surface area contributed by atoms with Crippen LogP contribution in [0.2, 0.25) is 0 Å². The second kappa shape index (κ2) is 51.6. The number of ether oxygens (including phenoxy) is 12. The van der Waals surface area contributed by atoms with E-state index in [-0.39, 0.29) is 196 Å². The van der Waals surface area contributed by atoms with Crippen molar-refractivity contribution in [2.45, 2.75) is 178 Å². The second-order valence-corrected chi connectivity index (χ2v) is 29.2. The number of hydrogen-bond acceptors (Lipinski definition) is 32. The van der Waals surface area contributed by atoms with E-state index in [0.717, 1.165) is 0 Å². The molecule has 0 aromatic heterocycles. The molecule has 16 atom stereocenters. The number of aliphatic hydroxyl groups excluding tert-OH is 9. The summed E-state index contributed by atoms with van der Waals surface area (Å²) >= 11 is 0. The average Bonchev–Trinajstić information content (AvgIpc) is 0.816. The molecule has 4 fully saturated rings. The van der Waals surface area contributed by atoms with E-state index in [1.165, 1.54) is 30.6 Å². The van der Waals surface area contributed by atoms with Gasteiger partial charge in [0.05, 0.1) is 151 Å². The van der Waals surface area contributed by atoms with Gasteiger partial charge in [0.25, 0.3) is 0 Å².